The summed E-state index contributed by atoms with van der Waals surface area (Å²) in [7, 11) is 0. The average Bonchev–Trinajstić information content (AvgIpc) is 2.34. The molecular formula is C18H24O. The van der Waals surface area contributed by atoms with Crippen LogP contribution in [0.3, 0.4) is 0 Å². The van der Waals surface area contributed by atoms with Crippen molar-refractivity contribution in [1.29, 1.82) is 0 Å². The Morgan fingerprint density at radius 2 is 2.05 bits per heavy atom. The summed E-state index contributed by atoms with van der Waals surface area (Å²) in [5.74, 6) is 2.79. The van der Waals surface area contributed by atoms with Gasteiger partial charge >= 0.3 is 0 Å². The number of hydrogen-bond donors (Lipinski definition) is 0. The predicted octanol–water partition coefficient (Wildman–Crippen LogP) is 4.32. The zero-order chi connectivity index (χ0) is 13.8. The fourth-order valence-corrected chi connectivity index (χ4v) is 4.41. The Balaban J connectivity index is 2.06. The standard InChI is InChI=1S/C18H24O/c1-11-10-18(3,4)12(2)15-7-5-13-9-14(19)6-8-16(13)17(11)15/h5,7,9-10,12,15-17H,6,8H2,1-4H3. The van der Waals surface area contributed by atoms with Gasteiger partial charge in [-0.1, -0.05) is 44.6 Å². The van der Waals surface area contributed by atoms with Gasteiger partial charge in [-0.15, -0.1) is 0 Å². The van der Waals surface area contributed by atoms with Gasteiger partial charge in [-0.2, -0.15) is 0 Å². The molecule has 102 valence electrons. The smallest absolute Gasteiger partial charge is 0.155 e. The molecule has 19 heavy (non-hydrogen) atoms. The molecule has 1 heteroatoms. The molecule has 0 amide bonds. The van der Waals surface area contributed by atoms with Crippen molar-refractivity contribution >= 4 is 5.78 Å². The van der Waals surface area contributed by atoms with E-state index >= 15 is 0 Å². The van der Waals surface area contributed by atoms with Crippen LogP contribution >= 0.6 is 0 Å². The van der Waals surface area contributed by atoms with Crippen LogP contribution in [-0.4, -0.2) is 5.78 Å². The summed E-state index contributed by atoms with van der Waals surface area (Å²) in [5.41, 5.74) is 3.08. The SMILES string of the molecule is CC1=CC(C)(C)C(C)C2C=CC3=CC(=O)CCC3C12. The number of carbonyl (C=O) groups excluding carboxylic acids is 1. The van der Waals surface area contributed by atoms with Crippen molar-refractivity contribution in [2.75, 3.05) is 0 Å². The van der Waals surface area contributed by atoms with Crippen molar-refractivity contribution in [3.8, 4) is 0 Å². The lowest BCUT2D eigenvalue weighted by Gasteiger charge is -2.49. The molecule has 0 aromatic rings. The minimum atomic E-state index is 0.279. The Morgan fingerprint density at radius 1 is 1.32 bits per heavy atom. The van der Waals surface area contributed by atoms with Gasteiger partial charge in [0.15, 0.2) is 5.78 Å². The van der Waals surface area contributed by atoms with Gasteiger partial charge in [0.05, 0.1) is 0 Å². The van der Waals surface area contributed by atoms with E-state index < -0.39 is 0 Å². The van der Waals surface area contributed by atoms with E-state index in [1.165, 1.54) is 11.1 Å². The summed E-state index contributed by atoms with van der Waals surface area (Å²) in [5, 5.41) is 0. The molecule has 0 bridgehead atoms. The normalized spacial score (nSPS) is 40.1. The first-order chi connectivity index (χ1) is 8.90. The second kappa shape index (κ2) is 4.19. The van der Waals surface area contributed by atoms with Crippen LogP contribution in [0.25, 0.3) is 0 Å². The maximum atomic E-state index is 11.6. The Labute approximate surface area is 116 Å². The molecule has 0 N–H and O–H groups in total. The maximum absolute atomic E-state index is 11.6. The van der Waals surface area contributed by atoms with E-state index in [4.69, 9.17) is 0 Å². The van der Waals surface area contributed by atoms with Crippen molar-refractivity contribution in [2.45, 2.75) is 40.5 Å². The minimum Gasteiger partial charge on any atom is -0.295 e. The van der Waals surface area contributed by atoms with E-state index in [0.29, 0.717) is 29.5 Å². The molecule has 0 spiro atoms. The molecule has 0 saturated carbocycles. The van der Waals surface area contributed by atoms with Gasteiger partial charge in [-0.3, -0.25) is 4.79 Å². The third-order valence-electron chi connectivity index (χ3n) is 5.69. The quantitative estimate of drug-likeness (QED) is 0.590. The Hall–Kier alpha value is -1.11. The minimum absolute atomic E-state index is 0.279. The van der Waals surface area contributed by atoms with Crippen molar-refractivity contribution in [2.24, 2.45) is 29.1 Å². The Kier molecular flexibility index (Phi) is 2.85. The van der Waals surface area contributed by atoms with Crippen LogP contribution < -0.4 is 0 Å². The van der Waals surface area contributed by atoms with Gasteiger partial charge < -0.3 is 0 Å². The number of fused-ring (bicyclic) bond motifs is 3. The highest BCUT2D eigenvalue weighted by molar-refractivity contribution is 5.92. The summed E-state index contributed by atoms with van der Waals surface area (Å²) in [6.07, 6.45) is 10.7. The van der Waals surface area contributed by atoms with Crippen LogP contribution in [0.15, 0.2) is 35.5 Å². The molecule has 0 radical (unpaired) electrons. The summed E-state index contributed by atoms with van der Waals surface area (Å²) in [6, 6.07) is 0. The first-order valence-corrected chi connectivity index (χ1v) is 7.52. The van der Waals surface area contributed by atoms with Gasteiger partial charge in [0, 0.05) is 6.42 Å². The molecule has 0 aromatic heterocycles. The van der Waals surface area contributed by atoms with Crippen LogP contribution in [0, 0.1) is 29.1 Å². The van der Waals surface area contributed by atoms with Gasteiger partial charge in [-0.25, -0.2) is 0 Å². The van der Waals surface area contributed by atoms with Crippen molar-refractivity contribution in [3.63, 3.8) is 0 Å². The van der Waals surface area contributed by atoms with Crippen LogP contribution in [0.4, 0.5) is 0 Å². The van der Waals surface area contributed by atoms with Crippen LogP contribution in [0.2, 0.25) is 0 Å². The van der Waals surface area contributed by atoms with E-state index in [0.717, 1.165) is 12.8 Å². The van der Waals surface area contributed by atoms with E-state index in [9.17, 15) is 4.79 Å². The highest BCUT2D eigenvalue weighted by Crippen LogP contribution is 2.53. The molecule has 0 saturated heterocycles. The van der Waals surface area contributed by atoms with Gasteiger partial charge in [-0.05, 0) is 54.1 Å². The highest BCUT2D eigenvalue weighted by Gasteiger charge is 2.45. The molecule has 0 fully saturated rings. The van der Waals surface area contributed by atoms with Crippen molar-refractivity contribution < 1.29 is 4.79 Å². The fraction of sp³-hybridized carbons (Fsp3) is 0.611. The summed E-state index contributed by atoms with van der Waals surface area (Å²) < 4.78 is 0. The second-order valence-corrected chi connectivity index (χ2v) is 7.22. The van der Waals surface area contributed by atoms with Crippen LogP contribution in [0.1, 0.15) is 40.5 Å². The predicted molar refractivity (Wildman–Crippen MR) is 78.6 cm³/mol. The third-order valence-corrected chi connectivity index (χ3v) is 5.69. The van der Waals surface area contributed by atoms with Crippen molar-refractivity contribution in [1.82, 2.24) is 0 Å². The largest absolute Gasteiger partial charge is 0.295 e. The molecule has 3 aliphatic carbocycles. The second-order valence-electron chi connectivity index (χ2n) is 7.22. The first-order valence-electron chi connectivity index (χ1n) is 7.52. The van der Waals surface area contributed by atoms with E-state index in [-0.39, 0.29) is 5.41 Å². The molecule has 4 unspecified atom stereocenters. The number of rotatable bonds is 0. The van der Waals surface area contributed by atoms with Gasteiger partial charge in [0.1, 0.15) is 0 Å². The number of ketones is 1. The summed E-state index contributed by atoms with van der Waals surface area (Å²) >= 11 is 0. The lowest BCUT2D eigenvalue weighted by molar-refractivity contribution is -0.115. The molecule has 3 rings (SSSR count). The van der Waals surface area contributed by atoms with Crippen LogP contribution in [-0.2, 0) is 4.79 Å². The zero-order valence-electron chi connectivity index (χ0n) is 12.4. The molecule has 0 heterocycles. The van der Waals surface area contributed by atoms with Crippen LogP contribution in [0.5, 0.6) is 0 Å². The molecule has 4 atom stereocenters. The van der Waals surface area contributed by atoms with Crippen molar-refractivity contribution in [3.05, 3.63) is 35.5 Å². The van der Waals surface area contributed by atoms with Gasteiger partial charge in [0.25, 0.3) is 0 Å². The lowest BCUT2D eigenvalue weighted by atomic mass is 9.55. The fourth-order valence-electron chi connectivity index (χ4n) is 4.41. The monoisotopic (exact) mass is 256 g/mol. The van der Waals surface area contributed by atoms with E-state index in [1.54, 1.807) is 0 Å². The number of allylic oxidation sites excluding steroid dienone is 6. The Morgan fingerprint density at radius 3 is 2.79 bits per heavy atom. The lowest BCUT2D eigenvalue weighted by Crippen LogP contribution is -2.41. The molecule has 1 nitrogen and oxygen atoms in total. The highest BCUT2D eigenvalue weighted by atomic mass is 16.1. The van der Waals surface area contributed by atoms with E-state index in [1.807, 2.05) is 6.08 Å². The molecule has 0 aromatic carbocycles. The molecule has 3 aliphatic rings. The maximum Gasteiger partial charge on any atom is 0.155 e. The first kappa shape index (κ1) is 12.9. The van der Waals surface area contributed by atoms with E-state index in [2.05, 4.69) is 45.9 Å². The topological polar surface area (TPSA) is 17.1 Å². The average molecular weight is 256 g/mol. The number of carbonyl (C=O) groups is 1. The Bertz CT molecular complexity index is 504. The van der Waals surface area contributed by atoms with Gasteiger partial charge in [0.2, 0.25) is 0 Å². The number of hydrogen-bond acceptors (Lipinski definition) is 1. The summed E-state index contributed by atoms with van der Waals surface area (Å²) in [4.78, 5) is 11.6. The summed E-state index contributed by atoms with van der Waals surface area (Å²) in [6.45, 7) is 9.37. The molecular weight excluding hydrogens is 232 g/mol. The molecule has 0 aliphatic heterocycles. The zero-order valence-corrected chi connectivity index (χ0v) is 12.4. The third kappa shape index (κ3) is 1.94.